The van der Waals surface area contributed by atoms with E-state index in [2.05, 4.69) is 6.92 Å². The Morgan fingerprint density at radius 3 is 1.42 bits per heavy atom. The highest BCUT2D eigenvalue weighted by molar-refractivity contribution is 5.15. The Kier molecular flexibility index (Phi) is 3.17. The van der Waals surface area contributed by atoms with Gasteiger partial charge in [-0.2, -0.15) is 26.3 Å². The molecule has 0 amide bonds. The average Bonchev–Trinajstić information content (AvgIpc) is 1.77. The van der Waals surface area contributed by atoms with E-state index in [0.717, 1.165) is 0 Å². The van der Waals surface area contributed by atoms with Crippen LogP contribution in [0.3, 0.4) is 0 Å². The summed E-state index contributed by atoms with van der Waals surface area (Å²) in [4.78, 5) is 0. The first-order valence-corrected chi connectivity index (χ1v) is 2.83. The first-order chi connectivity index (χ1) is 5.19. The van der Waals surface area contributed by atoms with E-state index in [9.17, 15) is 26.3 Å². The summed E-state index contributed by atoms with van der Waals surface area (Å²) in [6.45, 7) is 2.88. The SMILES string of the molecule is [CH2]CC=C(C(F)(F)F)C(F)(F)F. The first kappa shape index (κ1) is 11.3. The van der Waals surface area contributed by atoms with Crippen LogP contribution in [0.1, 0.15) is 6.42 Å². The monoisotopic (exact) mass is 191 g/mol. The molecule has 0 aromatic rings. The van der Waals surface area contributed by atoms with Crippen LogP contribution in [0.4, 0.5) is 26.3 Å². The lowest BCUT2D eigenvalue weighted by Crippen LogP contribution is -2.25. The van der Waals surface area contributed by atoms with Gasteiger partial charge in [0.25, 0.3) is 0 Å². The molecule has 0 bridgehead atoms. The van der Waals surface area contributed by atoms with Crippen molar-refractivity contribution in [3.05, 3.63) is 18.6 Å². The zero-order valence-corrected chi connectivity index (χ0v) is 5.76. The van der Waals surface area contributed by atoms with E-state index >= 15 is 0 Å². The summed E-state index contributed by atoms with van der Waals surface area (Å²) >= 11 is 0. The largest absolute Gasteiger partial charge is 0.420 e. The molecule has 0 rings (SSSR count). The highest BCUT2D eigenvalue weighted by atomic mass is 19.4. The van der Waals surface area contributed by atoms with E-state index in [1.165, 1.54) is 0 Å². The molecule has 6 heteroatoms. The van der Waals surface area contributed by atoms with Gasteiger partial charge in [-0.05, 0) is 13.3 Å². The smallest absolute Gasteiger partial charge is 0.166 e. The molecule has 0 atom stereocenters. The highest BCUT2D eigenvalue weighted by Crippen LogP contribution is 2.38. The Labute approximate surface area is 64.9 Å². The molecule has 0 spiro atoms. The second-order valence-electron chi connectivity index (χ2n) is 1.90. The summed E-state index contributed by atoms with van der Waals surface area (Å²) in [7, 11) is 0. The van der Waals surface area contributed by atoms with Gasteiger partial charge in [0.15, 0.2) is 0 Å². The molecule has 0 aliphatic carbocycles. The quantitative estimate of drug-likeness (QED) is 0.440. The maximum atomic E-state index is 11.6. The molecule has 0 fully saturated rings. The van der Waals surface area contributed by atoms with Gasteiger partial charge < -0.3 is 0 Å². The molecule has 0 aromatic carbocycles. The molecule has 0 nitrogen and oxygen atoms in total. The van der Waals surface area contributed by atoms with Crippen LogP contribution in [0.5, 0.6) is 0 Å². The van der Waals surface area contributed by atoms with Crippen LogP contribution in [0, 0.1) is 6.92 Å². The van der Waals surface area contributed by atoms with Gasteiger partial charge in [-0.15, -0.1) is 0 Å². The Hall–Kier alpha value is -0.680. The molecule has 0 aromatic heterocycles. The van der Waals surface area contributed by atoms with Crippen molar-refractivity contribution in [3.8, 4) is 0 Å². The fourth-order valence-electron chi connectivity index (χ4n) is 0.537. The lowest BCUT2D eigenvalue weighted by atomic mass is 10.2. The van der Waals surface area contributed by atoms with Crippen molar-refractivity contribution in [3.63, 3.8) is 0 Å². The molecule has 0 heterocycles. The summed E-state index contributed by atoms with van der Waals surface area (Å²) in [6, 6.07) is 0. The van der Waals surface area contributed by atoms with Crippen molar-refractivity contribution in [2.45, 2.75) is 18.8 Å². The molecule has 0 N–H and O–H groups in total. The minimum Gasteiger partial charge on any atom is -0.166 e. The van der Waals surface area contributed by atoms with Gasteiger partial charge in [0.05, 0.1) is 0 Å². The van der Waals surface area contributed by atoms with E-state index in [-0.39, 0.29) is 6.08 Å². The molecule has 71 valence electrons. The van der Waals surface area contributed by atoms with Crippen LogP contribution >= 0.6 is 0 Å². The summed E-state index contributed by atoms with van der Waals surface area (Å²) in [5, 5.41) is 0. The molecule has 12 heavy (non-hydrogen) atoms. The molecule has 0 saturated carbocycles. The predicted molar refractivity (Wildman–Crippen MR) is 30.2 cm³/mol. The summed E-state index contributed by atoms with van der Waals surface area (Å²) in [5.74, 6) is 0. The number of hydrogen-bond acceptors (Lipinski definition) is 0. The maximum absolute atomic E-state index is 11.6. The summed E-state index contributed by atoms with van der Waals surface area (Å²) in [6.07, 6.45) is -11.2. The minimum absolute atomic E-state index is 0.0139. The standard InChI is InChI=1S/C6H5F6/c1-2-3-4(5(7,8)9)6(10,11)12/h3H,1-2H2. The van der Waals surface area contributed by atoms with Crippen LogP contribution in [0.15, 0.2) is 11.6 Å². The molecule has 0 unspecified atom stereocenters. The predicted octanol–water partition coefficient (Wildman–Crippen LogP) is 3.26. The normalized spacial score (nSPS) is 12.9. The minimum atomic E-state index is -5.35. The van der Waals surface area contributed by atoms with Gasteiger partial charge in [-0.1, -0.05) is 6.08 Å². The van der Waals surface area contributed by atoms with Crippen molar-refractivity contribution in [2.24, 2.45) is 0 Å². The molecule has 0 aliphatic rings. The fraction of sp³-hybridized carbons (Fsp3) is 0.500. The van der Waals surface area contributed by atoms with Gasteiger partial charge in [-0.3, -0.25) is 0 Å². The number of halogens is 6. The number of rotatable bonds is 1. The van der Waals surface area contributed by atoms with E-state index in [4.69, 9.17) is 0 Å². The Bertz CT molecular complexity index is 155. The third kappa shape index (κ3) is 3.15. The zero-order valence-electron chi connectivity index (χ0n) is 5.76. The van der Waals surface area contributed by atoms with Crippen LogP contribution in [-0.2, 0) is 0 Å². The van der Waals surface area contributed by atoms with Crippen molar-refractivity contribution in [1.29, 1.82) is 0 Å². The van der Waals surface area contributed by atoms with E-state index in [0.29, 0.717) is 0 Å². The van der Waals surface area contributed by atoms with Gasteiger partial charge in [0, 0.05) is 0 Å². The van der Waals surface area contributed by atoms with Gasteiger partial charge in [-0.25, -0.2) is 0 Å². The third-order valence-electron chi connectivity index (χ3n) is 0.959. The Morgan fingerprint density at radius 2 is 1.33 bits per heavy atom. The topological polar surface area (TPSA) is 0 Å². The van der Waals surface area contributed by atoms with E-state index in [1.54, 1.807) is 0 Å². The first-order valence-electron chi connectivity index (χ1n) is 2.83. The number of allylic oxidation sites excluding steroid dienone is 2. The highest BCUT2D eigenvalue weighted by Gasteiger charge is 2.50. The molecular weight excluding hydrogens is 186 g/mol. The molecular formula is C6H5F6. The van der Waals surface area contributed by atoms with Crippen LogP contribution in [-0.4, -0.2) is 12.4 Å². The Morgan fingerprint density at radius 1 is 1.00 bits per heavy atom. The molecule has 0 aliphatic heterocycles. The summed E-state index contributed by atoms with van der Waals surface area (Å²) < 4.78 is 69.5. The third-order valence-corrected chi connectivity index (χ3v) is 0.959. The Balaban J connectivity index is 4.83. The molecule has 0 saturated heterocycles. The zero-order chi connectivity index (χ0) is 9.99. The maximum Gasteiger partial charge on any atom is 0.420 e. The van der Waals surface area contributed by atoms with Crippen LogP contribution in [0.25, 0.3) is 0 Å². The van der Waals surface area contributed by atoms with Crippen molar-refractivity contribution >= 4 is 0 Å². The van der Waals surface area contributed by atoms with Crippen molar-refractivity contribution < 1.29 is 26.3 Å². The average molecular weight is 191 g/mol. The second kappa shape index (κ2) is 3.37. The lowest BCUT2D eigenvalue weighted by molar-refractivity contribution is -0.172. The second-order valence-corrected chi connectivity index (χ2v) is 1.90. The summed E-state index contributed by atoms with van der Waals surface area (Å²) in [5.41, 5.74) is -2.50. The van der Waals surface area contributed by atoms with Gasteiger partial charge in [0.2, 0.25) is 0 Å². The van der Waals surface area contributed by atoms with Gasteiger partial charge >= 0.3 is 12.4 Å². The fourth-order valence-corrected chi connectivity index (χ4v) is 0.537. The lowest BCUT2D eigenvalue weighted by Gasteiger charge is -2.14. The number of hydrogen-bond donors (Lipinski definition) is 0. The van der Waals surface area contributed by atoms with Crippen molar-refractivity contribution in [1.82, 2.24) is 0 Å². The van der Waals surface area contributed by atoms with Crippen LogP contribution < -0.4 is 0 Å². The van der Waals surface area contributed by atoms with Gasteiger partial charge in [0.1, 0.15) is 5.57 Å². The van der Waals surface area contributed by atoms with E-state index in [1.807, 2.05) is 0 Å². The van der Waals surface area contributed by atoms with Crippen LogP contribution in [0.2, 0.25) is 0 Å². The van der Waals surface area contributed by atoms with E-state index < -0.39 is 24.3 Å². The van der Waals surface area contributed by atoms with Crippen molar-refractivity contribution in [2.75, 3.05) is 0 Å². The number of alkyl halides is 6. The molecule has 1 radical (unpaired) electrons.